The SMILES string of the molecule is O=C(/C=C/c1ccco1)OCSc1ccc(Cl)cc1. The number of benzene rings is 1. The molecule has 0 aliphatic rings. The minimum Gasteiger partial charge on any atom is -0.465 e. The summed E-state index contributed by atoms with van der Waals surface area (Å²) in [5.41, 5.74) is 0. The number of halogens is 1. The molecule has 2 aromatic rings. The summed E-state index contributed by atoms with van der Waals surface area (Å²) in [5, 5.41) is 0.683. The number of carbonyl (C=O) groups excluding carboxylic acids is 1. The molecule has 0 spiro atoms. The Balaban J connectivity index is 1.73. The van der Waals surface area contributed by atoms with Gasteiger partial charge in [-0.25, -0.2) is 4.79 Å². The monoisotopic (exact) mass is 294 g/mol. The first kappa shape index (κ1) is 13.8. The Hall–Kier alpha value is -1.65. The largest absolute Gasteiger partial charge is 0.465 e. The fraction of sp³-hybridized carbons (Fsp3) is 0.0714. The molecule has 1 aromatic heterocycles. The average Bonchev–Trinajstić information content (AvgIpc) is 2.92. The Morgan fingerprint density at radius 2 is 2.11 bits per heavy atom. The van der Waals surface area contributed by atoms with Gasteiger partial charge in [-0.15, -0.1) is 0 Å². The van der Waals surface area contributed by atoms with Gasteiger partial charge in [-0.1, -0.05) is 23.4 Å². The van der Waals surface area contributed by atoms with E-state index in [9.17, 15) is 4.79 Å². The number of hydrogen-bond donors (Lipinski definition) is 0. The molecule has 1 aromatic carbocycles. The molecule has 0 unspecified atom stereocenters. The highest BCUT2D eigenvalue weighted by Gasteiger charge is 1.99. The van der Waals surface area contributed by atoms with E-state index in [0.717, 1.165) is 4.90 Å². The predicted octanol–water partition coefficient (Wildman–Crippen LogP) is 4.24. The first-order valence-electron chi connectivity index (χ1n) is 5.51. The van der Waals surface area contributed by atoms with Gasteiger partial charge < -0.3 is 9.15 Å². The van der Waals surface area contributed by atoms with Crippen LogP contribution in [0.5, 0.6) is 0 Å². The van der Waals surface area contributed by atoms with E-state index >= 15 is 0 Å². The van der Waals surface area contributed by atoms with Crippen molar-refractivity contribution < 1.29 is 13.9 Å². The van der Waals surface area contributed by atoms with Gasteiger partial charge in [0.15, 0.2) is 0 Å². The zero-order chi connectivity index (χ0) is 13.5. The first-order chi connectivity index (χ1) is 9.24. The van der Waals surface area contributed by atoms with Gasteiger partial charge in [-0.2, -0.15) is 0 Å². The molecule has 2 rings (SSSR count). The number of hydrogen-bond acceptors (Lipinski definition) is 4. The maximum atomic E-state index is 11.4. The lowest BCUT2D eigenvalue weighted by Crippen LogP contribution is -1.99. The Morgan fingerprint density at radius 3 is 2.79 bits per heavy atom. The summed E-state index contributed by atoms with van der Waals surface area (Å²) in [6, 6.07) is 10.8. The topological polar surface area (TPSA) is 39.4 Å². The fourth-order valence-corrected chi connectivity index (χ4v) is 2.04. The van der Waals surface area contributed by atoms with Crippen LogP contribution >= 0.6 is 23.4 Å². The quantitative estimate of drug-likeness (QED) is 0.358. The number of esters is 1. The first-order valence-corrected chi connectivity index (χ1v) is 6.87. The van der Waals surface area contributed by atoms with Crippen molar-refractivity contribution in [3.8, 4) is 0 Å². The van der Waals surface area contributed by atoms with E-state index in [0.29, 0.717) is 10.8 Å². The third-order valence-corrected chi connectivity index (χ3v) is 3.26. The van der Waals surface area contributed by atoms with E-state index in [2.05, 4.69) is 0 Å². The lowest BCUT2D eigenvalue weighted by Gasteiger charge is -2.02. The lowest BCUT2D eigenvalue weighted by atomic mass is 10.4. The molecule has 3 nitrogen and oxygen atoms in total. The van der Waals surface area contributed by atoms with E-state index in [1.807, 2.05) is 12.1 Å². The second kappa shape index (κ2) is 7.07. The number of ether oxygens (including phenoxy) is 1. The zero-order valence-electron chi connectivity index (χ0n) is 9.91. The van der Waals surface area contributed by atoms with Crippen LogP contribution in [0, 0.1) is 0 Å². The van der Waals surface area contributed by atoms with Crippen molar-refractivity contribution >= 4 is 35.4 Å². The van der Waals surface area contributed by atoms with Crippen LogP contribution in [0.4, 0.5) is 0 Å². The zero-order valence-corrected chi connectivity index (χ0v) is 11.5. The number of rotatable bonds is 5. The van der Waals surface area contributed by atoms with Crippen LogP contribution in [0.3, 0.4) is 0 Å². The molecule has 0 amide bonds. The van der Waals surface area contributed by atoms with Gasteiger partial charge in [-0.3, -0.25) is 0 Å². The van der Waals surface area contributed by atoms with Crippen LogP contribution in [0.1, 0.15) is 5.76 Å². The van der Waals surface area contributed by atoms with E-state index in [4.69, 9.17) is 20.8 Å². The van der Waals surface area contributed by atoms with Crippen LogP contribution < -0.4 is 0 Å². The van der Waals surface area contributed by atoms with E-state index < -0.39 is 5.97 Å². The second-order valence-electron chi connectivity index (χ2n) is 3.53. The molecule has 0 N–H and O–H groups in total. The van der Waals surface area contributed by atoms with Gasteiger partial charge in [0.25, 0.3) is 0 Å². The number of thioether (sulfide) groups is 1. The van der Waals surface area contributed by atoms with Gasteiger partial charge >= 0.3 is 5.97 Å². The summed E-state index contributed by atoms with van der Waals surface area (Å²) >= 11 is 7.20. The molecule has 0 radical (unpaired) electrons. The van der Waals surface area contributed by atoms with Crippen molar-refractivity contribution in [1.29, 1.82) is 0 Å². The molecule has 98 valence electrons. The van der Waals surface area contributed by atoms with Gasteiger partial charge in [0, 0.05) is 16.0 Å². The summed E-state index contributed by atoms with van der Waals surface area (Å²) in [7, 11) is 0. The number of furan rings is 1. The van der Waals surface area contributed by atoms with Crippen molar-refractivity contribution in [2.75, 3.05) is 5.94 Å². The average molecular weight is 295 g/mol. The van der Waals surface area contributed by atoms with Gasteiger partial charge in [0.2, 0.25) is 0 Å². The normalized spacial score (nSPS) is 10.8. The predicted molar refractivity (Wildman–Crippen MR) is 76.0 cm³/mol. The molecule has 0 aliphatic heterocycles. The summed E-state index contributed by atoms with van der Waals surface area (Å²) in [6.07, 6.45) is 4.44. The third kappa shape index (κ3) is 4.85. The Labute approximate surface area is 120 Å². The smallest absolute Gasteiger partial charge is 0.331 e. The van der Waals surface area contributed by atoms with Crippen molar-refractivity contribution in [3.05, 3.63) is 59.5 Å². The minimum atomic E-state index is -0.405. The summed E-state index contributed by atoms with van der Waals surface area (Å²) in [5.74, 6) is 0.461. The highest BCUT2D eigenvalue weighted by molar-refractivity contribution is 7.99. The molecule has 0 aliphatic carbocycles. The maximum absolute atomic E-state index is 11.4. The Morgan fingerprint density at radius 1 is 1.32 bits per heavy atom. The molecule has 0 saturated carbocycles. The molecule has 0 atom stereocenters. The molecule has 19 heavy (non-hydrogen) atoms. The van der Waals surface area contributed by atoms with Crippen LogP contribution in [0.2, 0.25) is 5.02 Å². The Kier molecular flexibility index (Phi) is 5.12. The molecular weight excluding hydrogens is 284 g/mol. The van der Waals surface area contributed by atoms with Gasteiger partial charge in [0.1, 0.15) is 11.7 Å². The van der Waals surface area contributed by atoms with E-state index in [-0.39, 0.29) is 5.94 Å². The summed E-state index contributed by atoms with van der Waals surface area (Å²) in [6.45, 7) is 0. The van der Waals surface area contributed by atoms with Gasteiger partial charge in [-0.05, 0) is 42.5 Å². The van der Waals surface area contributed by atoms with E-state index in [1.165, 1.54) is 17.8 Å². The number of carbonyl (C=O) groups is 1. The highest BCUT2D eigenvalue weighted by Crippen LogP contribution is 2.20. The molecule has 0 saturated heterocycles. The fourth-order valence-electron chi connectivity index (χ4n) is 1.27. The molecule has 0 fully saturated rings. The summed E-state index contributed by atoms with van der Waals surface area (Å²) < 4.78 is 10.1. The molecular formula is C14H11ClO3S. The van der Waals surface area contributed by atoms with Crippen LogP contribution in [-0.4, -0.2) is 11.9 Å². The lowest BCUT2D eigenvalue weighted by molar-refractivity contribution is -0.135. The van der Waals surface area contributed by atoms with Gasteiger partial charge in [0.05, 0.1) is 6.26 Å². The molecule has 1 heterocycles. The maximum Gasteiger partial charge on any atom is 0.331 e. The van der Waals surface area contributed by atoms with Crippen molar-refractivity contribution in [2.24, 2.45) is 0 Å². The van der Waals surface area contributed by atoms with Crippen LogP contribution in [0.15, 0.2) is 58.1 Å². The van der Waals surface area contributed by atoms with Crippen molar-refractivity contribution in [2.45, 2.75) is 4.90 Å². The minimum absolute atomic E-state index is 0.253. The molecule has 0 bridgehead atoms. The summed E-state index contributed by atoms with van der Waals surface area (Å²) in [4.78, 5) is 12.4. The second-order valence-corrected chi connectivity index (χ2v) is 4.96. The Bertz CT molecular complexity index is 547. The van der Waals surface area contributed by atoms with Crippen molar-refractivity contribution in [1.82, 2.24) is 0 Å². The van der Waals surface area contributed by atoms with Crippen LogP contribution in [0.25, 0.3) is 6.08 Å². The highest BCUT2D eigenvalue weighted by atomic mass is 35.5. The third-order valence-electron chi connectivity index (χ3n) is 2.17. The molecule has 5 heteroatoms. The van der Waals surface area contributed by atoms with E-state index in [1.54, 1.807) is 36.6 Å². The van der Waals surface area contributed by atoms with Crippen LogP contribution in [-0.2, 0) is 9.53 Å². The standard InChI is InChI=1S/C14H11ClO3S/c15-11-3-6-13(7-4-11)19-10-18-14(16)8-5-12-2-1-9-17-12/h1-9H,10H2/b8-5+. The van der Waals surface area contributed by atoms with Crippen molar-refractivity contribution in [3.63, 3.8) is 0 Å².